The first-order valence-corrected chi connectivity index (χ1v) is 7.26. The summed E-state index contributed by atoms with van der Waals surface area (Å²) in [5.74, 6) is 3.60. The van der Waals surface area contributed by atoms with Crippen LogP contribution in [0.25, 0.3) is 22.3 Å². The highest BCUT2D eigenvalue weighted by Crippen LogP contribution is 2.44. The summed E-state index contributed by atoms with van der Waals surface area (Å²) in [6, 6.07) is 8.55. The topological polar surface area (TPSA) is 26.3 Å². The Hall–Kier alpha value is -1.96. The van der Waals surface area contributed by atoms with Gasteiger partial charge in [0.05, 0.1) is 5.56 Å². The lowest BCUT2D eigenvalue weighted by Gasteiger charge is -2.06. The van der Waals surface area contributed by atoms with Crippen molar-refractivity contribution >= 4 is 11.0 Å². The van der Waals surface area contributed by atoms with Crippen LogP contribution in [0.4, 0.5) is 0 Å². The van der Waals surface area contributed by atoms with Gasteiger partial charge in [-0.2, -0.15) is 0 Å². The predicted molar refractivity (Wildman–Crippen MR) is 80.1 cm³/mol. The van der Waals surface area contributed by atoms with E-state index in [1.165, 1.54) is 22.1 Å². The van der Waals surface area contributed by atoms with Gasteiger partial charge < -0.3 is 8.83 Å². The Morgan fingerprint density at radius 3 is 2.80 bits per heavy atom. The maximum atomic E-state index is 6.08. The maximum absolute atomic E-state index is 6.08. The lowest BCUT2D eigenvalue weighted by molar-refractivity contribution is 0.526. The third-order valence-corrected chi connectivity index (χ3v) is 4.36. The predicted octanol–water partition coefficient (Wildman–Crippen LogP) is 5.36. The monoisotopic (exact) mass is 266 g/mol. The molecule has 1 aromatic carbocycles. The third kappa shape index (κ3) is 1.57. The fraction of sp³-hybridized carbons (Fsp3) is 0.333. The molecular weight excluding hydrogens is 248 g/mol. The minimum Gasteiger partial charge on any atom is -0.461 e. The first-order valence-electron chi connectivity index (χ1n) is 7.26. The molecule has 2 heteroatoms. The second-order valence-electron chi connectivity index (χ2n) is 5.98. The maximum Gasteiger partial charge on any atom is 0.141 e. The second kappa shape index (κ2) is 4.02. The molecule has 0 N–H and O–H groups in total. The van der Waals surface area contributed by atoms with Crippen LogP contribution < -0.4 is 0 Å². The molecule has 0 saturated heterocycles. The van der Waals surface area contributed by atoms with E-state index in [0.717, 1.165) is 35.7 Å². The van der Waals surface area contributed by atoms with Crippen LogP contribution in [0, 0.1) is 13.8 Å². The largest absolute Gasteiger partial charge is 0.461 e. The highest BCUT2D eigenvalue weighted by molar-refractivity contribution is 5.96. The Morgan fingerprint density at radius 2 is 1.95 bits per heavy atom. The van der Waals surface area contributed by atoms with Gasteiger partial charge in [-0.1, -0.05) is 18.6 Å². The van der Waals surface area contributed by atoms with E-state index in [9.17, 15) is 0 Å². The van der Waals surface area contributed by atoms with E-state index in [0.29, 0.717) is 5.92 Å². The molecule has 102 valence electrons. The Bertz CT molecular complexity index is 804. The van der Waals surface area contributed by atoms with Gasteiger partial charge in [-0.15, -0.1) is 0 Å². The van der Waals surface area contributed by atoms with Crippen LogP contribution in [0.15, 0.2) is 33.1 Å². The number of rotatable bonds is 0. The quantitative estimate of drug-likeness (QED) is 0.547. The molecule has 3 aromatic rings. The molecule has 0 spiro atoms. The van der Waals surface area contributed by atoms with Crippen LogP contribution in [-0.2, 0) is 6.42 Å². The Balaban J connectivity index is 2.10. The first kappa shape index (κ1) is 11.8. The zero-order valence-corrected chi connectivity index (χ0v) is 12.1. The van der Waals surface area contributed by atoms with E-state index in [2.05, 4.69) is 38.1 Å². The van der Waals surface area contributed by atoms with Crippen molar-refractivity contribution in [3.8, 4) is 11.3 Å². The van der Waals surface area contributed by atoms with Gasteiger partial charge in [0.2, 0.25) is 0 Å². The number of fused-ring (bicyclic) bond motifs is 5. The van der Waals surface area contributed by atoms with Gasteiger partial charge in [-0.25, -0.2) is 0 Å². The zero-order valence-electron chi connectivity index (χ0n) is 12.1. The Labute approximate surface area is 118 Å². The zero-order chi connectivity index (χ0) is 13.9. The molecule has 0 saturated carbocycles. The fourth-order valence-electron chi connectivity index (χ4n) is 3.29. The summed E-state index contributed by atoms with van der Waals surface area (Å²) in [5.41, 5.74) is 4.72. The van der Waals surface area contributed by atoms with Crippen LogP contribution >= 0.6 is 0 Å². The van der Waals surface area contributed by atoms with Gasteiger partial charge in [0.1, 0.15) is 22.9 Å². The standard InChI is InChI=1S/C18H18O2/c1-10-4-6-15-14(8-10)17-16(20-15)7-5-11(2)13-9-12(3)19-18(13)17/h4,6,8-9,11H,5,7H2,1-3H3/t11-/m1/s1. The van der Waals surface area contributed by atoms with Crippen molar-refractivity contribution in [3.63, 3.8) is 0 Å². The molecule has 0 bridgehead atoms. The molecule has 1 aliphatic carbocycles. The number of furan rings is 2. The molecule has 0 fully saturated rings. The van der Waals surface area contributed by atoms with E-state index in [1.54, 1.807) is 0 Å². The minimum absolute atomic E-state index is 0.518. The normalized spacial score (nSPS) is 17.9. The van der Waals surface area contributed by atoms with E-state index >= 15 is 0 Å². The van der Waals surface area contributed by atoms with Crippen LogP contribution in [-0.4, -0.2) is 0 Å². The number of hydrogen-bond acceptors (Lipinski definition) is 2. The summed E-state index contributed by atoms with van der Waals surface area (Å²) < 4.78 is 12.1. The average Bonchev–Trinajstić information content (AvgIpc) is 2.92. The molecule has 1 aliphatic rings. The molecule has 4 rings (SSSR count). The van der Waals surface area contributed by atoms with Gasteiger partial charge in [0, 0.05) is 17.4 Å². The lowest BCUT2D eigenvalue weighted by Crippen LogP contribution is -1.91. The summed E-state index contributed by atoms with van der Waals surface area (Å²) in [6.07, 6.45) is 2.09. The molecule has 0 amide bonds. The van der Waals surface area contributed by atoms with Crippen molar-refractivity contribution in [3.05, 3.63) is 46.9 Å². The van der Waals surface area contributed by atoms with Crippen LogP contribution in [0.5, 0.6) is 0 Å². The summed E-state index contributed by atoms with van der Waals surface area (Å²) >= 11 is 0. The smallest absolute Gasteiger partial charge is 0.141 e. The van der Waals surface area contributed by atoms with Crippen LogP contribution in [0.2, 0.25) is 0 Å². The number of hydrogen-bond donors (Lipinski definition) is 0. The molecule has 2 heterocycles. The van der Waals surface area contributed by atoms with Gasteiger partial charge in [0.15, 0.2) is 0 Å². The minimum atomic E-state index is 0.518. The van der Waals surface area contributed by atoms with E-state index < -0.39 is 0 Å². The Kier molecular flexibility index (Phi) is 2.38. The highest BCUT2D eigenvalue weighted by Gasteiger charge is 2.28. The molecule has 0 radical (unpaired) electrons. The lowest BCUT2D eigenvalue weighted by atomic mass is 9.97. The van der Waals surface area contributed by atoms with Crippen molar-refractivity contribution < 1.29 is 8.83 Å². The van der Waals surface area contributed by atoms with Crippen LogP contribution in [0.1, 0.15) is 41.9 Å². The van der Waals surface area contributed by atoms with E-state index in [1.807, 2.05) is 6.92 Å². The summed E-state index contributed by atoms with van der Waals surface area (Å²) in [6.45, 7) is 6.41. The van der Waals surface area contributed by atoms with Crippen molar-refractivity contribution in [2.24, 2.45) is 0 Å². The summed E-state index contributed by atoms with van der Waals surface area (Å²) in [4.78, 5) is 0. The third-order valence-electron chi connectivity index (χ3n) is 4.36. The SMILES string of the molecule is Cc1ccc2oc3c(c2c1)-c1oc(C)cc1[C@H](C)CC3. The summed E-state index contributed by atoms with van der Waals surface area (Å²) in [5, 5.41) is 1.18. The van der Waals surface area contributed by atoms with Crippen molar-refractivity contribution in [2.45, 2.75) is 39.5 Å². The van der Waals surface area contributed by atoms with Crippen molar-refractivity contribution in [1.82, 2.24) is 0 Å². The highest BCUT2D eigenvalue weighted by atomic mass is 16.4. The van der Waals surface area contributed by atoms with Gasteiger partial charge >= 0.3 is 0 Å². The summed E-state index contributed by atoms with van der Waals surface area (Å²) in [7, 11) is 0. The Morgan fingerprint density at radius 1 is 1.10 bits per heavy atom. The molecule has 1 atom stereocenters. The van der Waals surface area contributed by atoms with Crippen molar-refractivity contribution in [2.75, 3.05) is 0 Å². The molecule has 0 unspecified atom stereocenters. The molecule has 20 heavy (non-hydrogen) atoms. The number of benzene rings is 1. The van der Waals surface area contributed by atoms with Crippen LogP contribution in [0.3, 0.4) is 0 Å². The van der Waals surface area contributed by atoms with Crippen molar-refractivity contribution in [1.29, 1.82) is 0 Å². The van der Waals surface area contributed by atoms with Gasteiger partial charge in [0.25, 0.3) is 0 Å². The second-order valence-corrected chi connectivity index (χ2v) is 5.98. The van der Waals surface area contributed by atoms with Gasteiger partial charge in [-0.3, -0.25) is 0 Å². The van der Waals surface area contributed by atoms with E-state index in [-0.39, 0.29) is 0 Å². The van der Waals surface area contributed by atoms with E-state index in [4.69, 9.17) is 8.83 Å². The molecule has 0 aliphatic heterocycles. The molecule has 2 nitrogen and oxygen atoms in total. The molecule has 2 aromatic heterocycles. The average molecular weight is 266 g/mol. The molecular formula is C18H18O2. The number of aryl methyl sites for hydroxylation is 3. The van der Waals surface area contributed by atoms with Gasteiger partial charge in [-0.05, 0) is 44.4 Å². The fourth-order valence-corrected chi connectivity index (χ4v) is 3.29. The first-order chi connectivity index (χ1) is 9.63.